The molecule has 0 bridgehead atoms. The number of hydrogen-bond donors (Lipinski definition) is 2. The lowest BCUT2D eigenvalue weighted by molar-refractivity contribution is 0.166. The van der Waals surface area contributed by atoms with E-state index in [1.54, 1.807) is 18.4 Å². The number of guanidine groups is 1. The van der Waals surface area contributed by atoms with Crippen LogP contribution in [0, 0.1) is 19.8 Å². The van der Waals surface area contributed by atoms with E-state index < -0.39 is 0 Å². The van der Waals surface area contributed by atoms with Crippen LogP contribution in [0.4, 0.5) is 0 Å². The number of aryl methyl sites for hydroxylation is 2. The van der Waals surface area contributed by atoms with Crippen molar-refractivity contribution >= 4 is 17.3 Å². The highest BCUT2D eigenvalue weighted by molar-refractivity contribution is 7.10. The van der Waals surface area contributed by atoms with E-state index in [2.05, 4.69) is 59.1 Å². The molecule has 0 aliphatic carbocycles. The van der Waals surface area contributed by atoms with Crippen molar-refractivity contribution in [1.82, 2.24) is 10.6 Å². The predicted octanol–water partition coefficient (Wildman–Crippen LogP) is 3.65. The lowest BCUT2D eigenvalue weighted by Crippen LogP contribution is -2.36. The Morgan fingerprint density at radius 3 is 2.81 bits per heavy atom. The van der Waals surface area contributed by atoms with Gasteiger partial charge in [0.25, 0.3) is 0 Å². The van der Waals surface area contributed by atoms with E-state index in [1.807, 2.05) is 0 Å². The molecule has 5 nitrogen and oxygen atoms in total. The van der Waals surface area contributed by atoms with Crippen molar-refractivity contribution in [2.75, 3.05) is 26.9 Å². The van der Waals surface area contributed by atoms with Crippen molar-refractivity contribution < 1.29 is 9.47 Å². The van der Waals surface area contributed by atoms with Gasteiger partial charge in [-0.05, 0) is 48.9 Å². The van der Waals surface area contributed by atoms with Crippen molar-refractivity contribution in [1.29, 1.82) is 0 Å². The fourth-order valence-electron chi connectivity index (χ4n) is 3.01. The summed E-state index contributed by atoms with van der Waals surface area (Å²) in [6.45, 7) is 8.03. The molecule has 3 rings (SSSR count). The zero-order valence-corrected chi connectivity index (χ0v) is 17.2. The number of benzene rings is 1. The number of ether oxygens (including phenoxy) is 2. The zero-order chi connectivity index (χ0) is 19.1. The summed E-state index contributed by atoms with van der Waals surface area (Å²) in [4.78, 5) is 5.66. The van der Waals surface area contributed by atoms with Crippen molar-refractivity contribution in [3.05, 3.63) is 51.2 Å². The predicted molar refractivity (Wildman–Crippen MR) is 112 cm³/mol. The maximum absolute atomic E-state index is 6.12. The first-order chi connectivity index (χ1) is 13.2. The first kappa shape index (κ1) is 19.7. The fourth-order valence-corrected chi connectivity index (χ4v) is 3.86. The summed E-state index contributed by atoms with van der Waals surface area (Å²) < 4.78 is 11.6. The second kappa shape index (κ2) is 9.76. The van der Waals surface area contributed by atoms with Gasteiger partial charge < -0.3 is 20.1 Å². The molecule has 1 aliphatic heterocycles. The van der Waals surface area contributed by atoms with Crippen LogP contribution < -0.4 is 15.4 Å². The summed E-state index contributed by atoms with van der Waals surface area (Å²) in [6.07, 6.45) is 1.08. The number of hydrogen-bond acceptors (Lipinski definition) is 4. The minimum atomic E-state index is 0.495. The van der Waals surface area contributed by atoms with Crippen LogP contribution in [-0.4, -0.2) is 32.8 Å². The number of nitrogens with one attached hydrogen (secondary N) is 2. The Hall–Kier alpha value is -2.05. The Bertz CT molecular complexity index is 767. The Kier molecular flexibility index (Phi) is 7.12. The van der Waals surface area contributed by atoms with Gasteiger partial charge in [-0.1, -0.05) is 12.1 Å². The van der Waals surface area contributed by atoms with E-state index in [4.69, 9.17) is 9.47 Å². The quantitative estimate of drug-likeness (QED) is 0.562. The van der Waals surface area contributed by atoms with Crippen molar-refractivity contribution in [2.24, 2.45) is 10.9 Å². The topological polar surface area (TPSA) is 54.9 Å². The Morgan fingerprint density at radius 2 is 2.11 bits per heavy atom. The third-order valence-corrected chi connectivity index (χ3v) is 5.80. The Morgan fingerprint density at radius 1 is 1.26 bits per heavy atom. The molecule has 6 heteroatoms. The van der Waals surface area contributed by atoms with Gasteiger partial charge in [0.15, 0.2) is 5.96 Å². The van der Waals surface area contributed by atoms with E-state index >= 15 is 0 Å². The van der Waals surface area contributed by atoms with Crippen LogP contribution in [0.1, 0.15) is 28.0 Å². The van der Waals surface area contributed by atoms with Crippen molar-refractivity contribution in [2.45, 2.75) is 33.4 Å². The molecule has 1 saturated heterocycles. The highest BCUT2D eigenvalue weighted by atomic mass is 32.1. The Labute approximate surface area is 165 Å². The summed E-state index contributed by atoms with van der Waals surface area (Å²) in [6, 6.07) is 8.49. The van der Waals surface area contributed by atoms with Crippen LogP contribution >= 0.6 is 11.3 Å². The second-order valence-electron chi connectivity index (χ2n) is 6.96. The number of nitrogens with zero attached hydrogens (tertiary/aromatic N) is 1. The van der Waals surface area contributed by atoms with Gasteiger partial charge in [-0.15, -0.1) is 11.3 Å². The average molecular weight is 388 g/mol. The molecular weight excluding hydrogens is 358 g/mol. The molecule has 146 valence electrons. The molecule has 0 amide bonds. The molecular formula is C21H29N3O2S. The van der Waals surface area contributed by atoms with Gasteiger partial charge in [-0.25, -0.2) is 0 Å². The normalized spacial score (nSPS) is 17.1. The minimum Gasteiger partial charge on any atom is -0.493 e. The molecule has 1 fully saturated rings. The van der Waals surface area contributed by atoms with Gasteiger partial charge in [0, 0.05) is 36.6 Å². The second-order valence-corrected chi connectivity index (χ2v) is 7.96. The SMILES string of the molecule is CN=C(NCc1ccc(C)cc1OCC1CCOC1)NCc1sccc1C. The number of thiophene rings is 1. The van der Waals surface area contributed by atoms with Gasteiger partial charge in [-0.2, -0.15) is 0 Å². The van der Waals surface area contributed by atoms with Crippen molar-refractivity contribution in [3.8, 4) is 5.75 Å². The molecule has 2 aromatic rings. The highest BCUT2D eigenvalue weighted by Crippen LogP contribution is 2.22. The van der Waals surface area contributed by atoms with Crippen LogP contribution in [-0.2, 0) is 17.8 Å². The summed E-state index contributed by atoms with van der Waals surface area (Å²) in [7, 11) is 1.79. The van der Waals surface area contributed by atoms with E-state index in [1.165, 1.54) is 16.0 Å². The van der Waals surface area contributed by atoms with Crippen molar-refractivity contribution in [3.63, 3.8) is 0 Å². The molecule has 2 N–H and O–H groups in total. The molecule has 1 aromatic carbocycles. The van der Waals surface area contributed by atoms with Crippen LogP contribution in [0.25, 0.3) is 0 Å². The van der Waals surface area contributed by atoms with Crippen LogP contribution in [0.15, 0.2) is 34.6 Å². The van der Waals surface area contributed by atoms with Gasteiger partial charge in [0.2, 0.25) is 0 Å². The molecule has 1 aromatic heterocycles. The fraction of sp³-hybridized carbons (Fsp3) is 0.476. The van der Waals surface area contributed by atoms with E-state index in [9.17, 15) is 0 Å². The van der Waals surface area contributed by atoms with Gasteiger partial charge in [0.05, 0.1) is 19.8 Å². The Balaban J connectivity index is 1.56. The molecule has 1 unspecified atom stereocenters. The number of rotatable bonds is 7. The highest BCUT2D eigenvalue weighted by Gasteiger charge is 2.17. The lowest BCUT2D eigenvalue weighted by Gasteiger charge is -2.17. The van der Waals surface area contributed by atoms with Gasteiger partial charge in [0.1, 0.15) is 5.75 Å². The summed E-state index contributed by atoms with van der Waals surface area (Å²) in [5, 5.41) is 8.90. The standard InChI is InChI=1S/C21H29N3O2S/c1-15-4-5-18(19(10-15)26-14-17-6-8-25-13-17)11-23-21(22-3)24-12-20-16(2)7-9-27-20/h4-5,7,9-10,17H,6,8,11-14H2,1-3H3,(H2,22,23,24). The lowest BCUT2D eigenvalue weighted by atomic mass is 10.1. The molecule has 2 heterocycles. The summed E-state index contributed by atoms with van der Waals surface area (Å²) in [5.74, 6) is 2.23. The van der Waals surface area contributed by atoms with E-state index in [0.29, 0.717) is 19.1 Å². The molecule has 1 aliphatic rings. The third-order valence-electron chi connectivity index (χ3n) is 4.78. The molecule has 0 spiro atoms. The van der Waals surface area contributed by atoms with Crippen LogP contribution in [0.5, 0.6) is 5.75 Å². The average Bonchev–Trinajstić information content (AvgIpc) is 3.33. The molecule has 0 saturated carbocycles. The van der Waals surface area contributed by atoms with Gasteiger partial charge >= 0.3 is 0 Å². The van der Waals surface area contributed by atoms with Gasteiger partial charge in [-0.3, -0.25) is 4.99 Å². The van der Waals surface area contributed by atoms with E-state index in [0.717, 1.165) is 43.5 Å². The van der Waals surface area contributed by atoms with Crippen LogP contribution in [0.2, 0.25) is 0 Å². The van der Waals surface area contributed by atoms with Crippen LogP contribution in [0.3, 0.4) is 0 Å². The molecule has 1 atom stereocenters. The monoisotopic (exact) mass is 387 g/mol. The smallest absolute Gasteiger partial charge is 0.191 e. The maximum atomic E-state index is 6.12. The first-order valence-electron chi connectivity index (χ1n) is 9.43. The minimum absolute atomic E-state index is 0.495. The first-order valence-corrected chi connectivity index (χ1v) is 10.3. The number of aliphatic imine (C=N–C) groups is 1. The molecule has 0 radical (unpaired) electrons. The largest absolute Gasteiger partial charge is 0.493 e. The summed E-state index contributed by atoms with van der Waals surface area (Å²) in [5.41, 5.74) is 3.65. The zero-order valence-electron chi connectivity index (χ0n) is 16.4. The third kappa shape index (κ3) is 5.71. The maximum Gasteiger partial charge on any atom is 0.191 e. The summed E-state index contributed by atoms with van der Waals surface area (Å²) >= 11 is 1.76. The van der Waals surface area contributed by atoms with E-state index in [-0.39, 0.29) is 0 Å². The molecule has 27 heavy (non-hydrogen) atoms.